The van der Waals surface area contributed by atoms with Gasteiger partial charge >= 0.3 is 0 Å². The highest BCUT2D eigenvalue weighted by Crippen LogP contribution is 2.26. The van der Waals surface area contributed by atoms with Crippen LogP contribution in [0.15, 0.2) is 36.5 Å². The summed E-state index contributed by atoms with van der Waals surface area (Å²) in [6, 6.07) is 11.7. The molecule has 2 heterocycles. The van der Waals surface area contributed by atoms with Crippen molar-refractivity contribution in [3.63, 3.8) is 0 Å². The zero-order valence-electron chi connectivity index (χ0n) is 11.7. The Kier molecular flexibility index (Phi) is 3.20. The lowest BCUT2D eigenvalue weighted by molar-refractivity contribution is 0.450. The molecule has 0 fully saturated rings. The second kappa shape index (κ2) is 5.17. The Morgan fingerprint density at radius 3 is 2.76 bits per heavy atom. The fraction of sp³-hybridized carbons (Fsp3) is 0.125. The van der Waals surface area contributed by atoms with Crippen molar-refractivity contribution in [2.45, 2.75) is 13.8 Å². The number of aromatic nitrogens is 3. The van der Waals surface area contributed by atoms with Crippen LogP contribution < -0.4 is 4.74 Å². The molecule has 0 spiro atoms. The molecule has 5 nitrogen and oxygen atoms in total. The van der Waals surface area contributed by atoms with E-state index in [9.17, 15) is 5.26 Å². The van der Waals surface area contributed by atoms with E-state index in [0.29, 0.717) is 11.3 Å². The maximum Gasteiger partial charge on any atom is 0.257 e. The van der Waals surface area contributed by atoms with E-state index < -0.39 is 0 Å². The molecule has 0 aliphatic rings. The third-order valence-corrected chi connectivity index (χ3v) is 3.31. The molecule has 0 unspecified atom stereocenters. The van der Waals surface area contributed by atoms with Crippen LogP contribution in [0.3, 0.4) is 0 Å². The molecule has 2 aromatic heterocycles. The lowest BCUT2D eigenvalue weighted by atomic mass is 10.1. The van der Waals surface area contributed by atoms with Crippen molar-refractivity contribution in [2.75, 3.05) is 0 Å². The smallest absolute Gasteiger partial charge is 0.257 e. The van der Waals surface area contributed by atoms with Crippen LogP contribution in [-0.2, 0) is 0 Å². The zero-order chi connectivity index (χ0) is 14.8. The van der Waals surface area contributed by atoms with Gasteiger partial charge in [0.15, 0.2) is 0 Å². The number of rotatable bonds is 2. The van der Waals surface area contributed by atoms with Crippen LogP contribution >= 0.6 is 0 Å². The van der Waals surface area contributed by atoms with E-state index in [1.165, 1.54) is 0 Å². The molecular formula is C16H12N4O. The first-order chi connectivity index (χ1) is 10.2. The highest BCUT2D eigenvalue weighted by Gasteiger charge is 2.13. The van der Waals surface area contributed by atoms with Gasteiger partial charge in [0.1, 0.15) is 17.4 Å². The summed E-state index contributed by atoms with van der Waals surface area (Å²) >= 11 is 0. The van der Waals surface area contributed by atoms with Crippen molar-refractivity contribution in [1.82, 2.24) is 15.2 Å². The molecule has 0 bridgehead atoms. The van der Waals surface area contributed by atoms with Crippen LogP contribution in [0.25, 0.3) is 10.9 Å². The number of nitrogens with zero attached hydrogens (tertiary/aromatic N) is 4. The van der Waals surface area contributed by atoms with Crippen LogP contribution in [0.2, 0.25) is 0 Å². The zero-order valence-corrected chi connectivity index (χ0v) is 11.7. The number of hydrogen-bond donors (Lipinski definition) is 0. The summed E-state index contributed by atoms with van der Waals surface area (Å²) < 4.78 is 5.69. The molecule has 3 rings (SSSR count). The van der Waals surface area contributed by atoms with E-state index >= 15 is 0 Å². The van der Waals surface area contributed by atoms with E-state index in [1.54, 1.807) is 6.20 Å². The van der Waals surface area contributed by atoms with Gasteiger partial charge in [-0.1, -0.05) is 18.2 Å². The molecule has 0 atom stereocenters. The number of hydrogen-bond acceptors (Lipinski definition) is 5. The Balaban J connectivity index is 2.03. The fourth-order valence-electron chi connectivity index (χ4n) is 2.01. The topological polar surface area (TPSA) is 71.7 Å². The predicted octanol–water partition coefficient (Wildman–Crippen LogP) is 3.31. The summed E-state index contributed by atoms with van der Waals surface area (Å²) in [4.78, 5) is 4.32. The van der Waals surface area contributed by atoms with Gasteiger partial charge in [-0.25, -0.2) is 0 Å². The normalized spacial score (nSPS) is 10.3. The molecule has 0 radical (unpaired) electrons. The Morgan fingerprint density at radius 2 is 1.95 bits per heavy atom. The standard InChI is InChI=1S/C16H12N4O/c1-10-11(2)19-20-16(14(10)8-17)21-13-7-12-5-3-4-6-15(12)18-9-13/h3-7,9H,1-2H3. The lowest BCUT2D eigenvalue weighted by Crippen LogP contribution is -2.00. The van der Waals surface area contributed by atoms with E-state index in [0.717, 1.165) is 22.2 Å². The van der Waals surface area contributed by atoms with Crippen LogP contribution in [0.5, 0.6) is 11.6 Å². The molecule has 21 heavy (non-hydrogen) atoms. The third-order valence-electron chi connectivity index (χ3n) is 3.31. The minimum atomic E-state index is 0.206. The number of ether oxygens (including phenoxy) is 1. The molecule has 102 valence electrons. The first-order valence-corrected chi connectivity index (χ1v) is 6.45. The van der Waals surface area contributed by atoms with E-state index in [-0.39, 0.29) is 5.88 Å². The first-order valence-electron chi connectivity index (χ1n) is 6.45. The van der Waals surface area contributed by atoms with Crippen LogP contribution in [-0.4, -0.2) is 15.2 Å². The highest BCUT2D eigenvalue weighted by atomic mass is 16.5. The number of nitriles is 1. The van der Waals surface area contributed by atoms with Gasteiger partial charge in [-0.2, -0.15) is 10.4 Å². The SMILES string of the molecule is Cc1nnc(Oc2cnc3ccccc3c2)c(C#N)c1C. The molecule has 3 aromatic rings. The van der Waals surface area contributed by atoms with Gasteiger partial charge in [-0.15, -0.1) is 5.10 Å². The van der Waals surface area contributed by atoms with E-state index in [1.807, 2.05) is 44.2 Å². The molecule has 5 heteroatoms. The molecule has 0 amide bonds. The Bertz CT molecular complexity index is 868. The lowest BCUT2D eigenvalue weighted by Gasteiger charge is -2.08. The molecule has 0 N–H and O–H groups in total. The predicted molar refractivity (Wildman–Crippen MR) is 78.0 cm³/mol. The maximum atomic E-state index is 9.26. The van der Waals surface area contributed by atoms with Gasteiger partial charge in [0.25, 0.3) is 5.88 Å². The molecule has 0 saturated carbocycles. The minimum absolute atomic E-state index is 0.206. The van der Waals surface area contributed by atoms with Crippen molar-refractivity contribution in [2.24, 2.45) is 0 Å². The van der Waals surface area contributed by atoms with Gasteiger partial charge in [-0.05, 0) is 31.5 Å². The third kappa shape index (κ3) is 2.39. The van der Waals surface area contributed by atoms with E-state index in [4.69, 9.17) is 4.74 Å². The van der Waals surface area contributed by atoms with Crippen molar-refractivity contribution < 1.29 is 4.74 Å². The second-order valence-corrected chi connectivity index (χ2v) is 4.67. The molecule has 0 aliphatic carbocycles. The minimum Gasteiger partial charge on any atom is -0.435 e. The van der Waals surface area contributed by atoms with E-state index in [2.05, 4.69) is 21.3 Å². The summed E-state index contributed by atoms with van der Waals surface area (Å²) in [5.41, 5.74) is 2.78. The summed E-state index contributed by atoms with van der Waals surface area (Å²) in [5, 5.41) is 18.2. The fourth-order valence-corrected chi connectivity index (χ4v) is 2.01. The Hall–Kier alpha value is -3.00. The van der Waals surface area contributed by atoms with Crippen LogP contribution in [0, 0.1) is 25.2 Å². The van der Waals surface area contributed by atoms with Crippen LogP contribution in [0.1, 0.15) is 16.8 Å². The molecule has 0 saturated heterocycles. The van der Waals surface area contributed by atoms with Crippen molar-refractivity contribution in [1.29, 1.82) is 5.26 Å². The average Bonchev–Trinajstić information content (AvgIpc) is 2.51. The van der Waals surface area contributed by atoms with Crippen molar-refractivity contribution in [3.8, 4) is 17.7 Å². The van der Waals surface area contributed by atoms with Crippen molar-refractivity contribution >= 4 is 10.9 Å². The number of pyridine rings is 1. The van der Waals surface area contributed by atoms with Gasteiger partial charge in [-0.3, -0.25) is 4.98 Å². The first kappa shape index (κ1) is 13.0. The summed E-state index contributed by atoms with van der Waals surface area (Å²) in [6.45, 7) is 3.64. The largest absolute Gasteiger partial charge is 0.435 e. The second-order valence-electron chi connectivity index (χ2n) is 4.67. The molecule has 1 aromatic carbocycles. The quantitative estimate of drug-likeness (QED) is 0.718. The maximum absolute atomic E-state index is 9.26. The summed E-state index contributed by atoms with van der Waals surface area (Å²) in [7, 11) is 0. The highest BCUT2D eigenvalue weighted by molar-refractivity contribution is 5.79. The number of fused-ring (bicyclic) bond motifs is 1. The van der Waals surface area contributed by atoms with Crippen LogP contribution in [0.4, 0.5) is 0 Å². The van der Waals surface area contributed by atoms with Gasteiger partial charge < -0.3 is 4.74 Å². The Labute approximate surface area is 121 Å². The summed E-state index contributed by atoms with van der Waals surface area (Å²) in [6.07, 6.45) is 1.61. The van der Waals surface area contributed by atoms with Gasteiger partial charge in [0, 0.05) is 5.39 Å². The average molecular weight is 276 g/mol. The monoisotopic (exact) mass is 276 g/mol. The molecule has 0 aliphatic heterocycles. The number of para-hydroxylation sites is 1. The molecular weight excluding hydrogens is 264 g/mol. The van der Waals surface area contributed by atoms with Crippen molar-refractivity contribution in [3.05, 3.63) is 53.3 Å². The Morgan fingerprint density at radius 1 is 1.14 bits per heavy atom. The summed E-state index contributed by atoms with van der Waals surface area (Å²) in [5.74, 6) is 0.737. The van der Waals surface area contributed by atoms with Gasteiger partial charge in [0.2, 0.25) is 0 Å². The number of aryl methyl sites for hydroxylation is 1. The van der Waals surface area contributed by atoms with Gasteiger partial charge in [0.05, 0.1) is 17.4 Å². The number of benzene rings is 1.